The number of anilines is 2. The van der Waals surface area contributed by atoms with Crippen molar-refractivity contribution in [1.29, 1.82) is 0 Å². The maximum absolute atomic E-state index is 13.4. The van der Waals surface area contributed by atoms with Crippen LogP contribution in [0.4, 0.5) is 11.6 Å². The molecule has 196 valence electrons. The topological polar surface area (TPSA) is 101 Å². The van der Waals surface area contributed by atoms with Crippen LogP contribution >= 0.6 is 11.8 Å². The Balaban J connectivity index is 1.29. The molecule has 10 heteroatoms. The maximum Gasteiger partial charge on any atom is 0.302 e. The second-order valence-corrected chi connectivity index (χ2v) is 9.44. The molecule has 4 aromatic rings. The molecule has 0 radical (unpaired) electrons. The number of amides is 2. The predicted molar refractivity (Wildman–Crippen MR) is 150 cm³/mol. The van der Waals surface area contributed by atoms with E-state index in [9.17, 15) is 9.59 Å². The first-order chi connectivity index (χ1) is 19.1. The number of aryl methyl sites for hydroxylation is 1. The summed E-state index contributed by atoms with van der Waals surface area (Å²) in [5.74, 6) is 0.442. The Kier molecular flexibility index (Phi) is 8.13. The van der Waals surface area contributed by atoms with Crippen molar-refractivity contribution in [2.24, 2.45) is 4.99 Å². The van der Waals surface area contributed by atoms with Crippen LogP contribution in [0.5, 0.6) is 5.75 Å². The van der Waals surface area contributed by atoms with E-state index in [2.05, 4.69) is 15.6 Å². The molecule has 39 heavy (non-hydrogen) atoms. The summed E-state index contributed by atoms with van der Waals surface area (Å²) >= 11 is 1.17. The van der Waals surface area contributed by atoms with Gasteiger partial charge >= 0.3 is 5.88 Å². The molecule has 1 aliphatic rings. The molecule has 1 aliphatic heterocycles. The number of aliphatic imine (C=N–C) groups is 1. The molecule has 0 fully saturated rings. The molecule has 1 aromatic heterocycles. The van der Waals surface area contributed by atoms with E-state index >= 15 is 0 Å². The molecule has 0 saturated carbocycles. The number of benzene rings is 3. The van der Waals surface area contributed by atoms with Crippen molar-refractivity contribution >= 4 is 46.4 Å². The second kappa shape index (κ2) is 12.2. The molecule has 0 aliphatic carbocycles. The van der Waals surface area contributed by atoms with Crippen LogP contribution in [0.2, 0.25) is 0 Å². The van der Waals surface area contributed by atoms with Crippen LogP contribution in [0.15, 0.2) is 106 Å². The Labute approximate surface area is 229 Å². The largest absolute Gasteiger partial charge is 0.489 e. The number of para-hydroxylation sites is 1. The Hall–Kier alpha value is -4.70. The van der Waals surface area contributed by atoms with Crippen molar-refractivity contribution in [3.8, 4) is 5.75 Å². The average molecular weight is 541 g/mol. The minimum atomic E-state index is -0.300. The number of ether oxygens (including phenoxy) is 1. The summed E-state index contributed by atoms with van der Waals surface area (Å²) in [5.41, 5.74) is 2.83. The fourth-order valence-corrected chi connectivity index (χ4v) is 4.56. The second-order valence-electron chi connectivity index (χ2n) is 8.50. The maximum atomic E-state index is 13.4. The molecule has 1 N–H and O–H groups in total. The minimum Gasteiger partial charge on any atom is -0.489 e. The third kappa shape index (κ3) is 6.60. The lowest BCUT2D eigenvalue weighted by molar-refractivity contribution is -0.759. The Morgan fingerprint density at radius 2 is 1.77 bits per heavy atom. The van der Waals surface area contributed by atoms with Gasteiger partial charge in [0.25, 0.3) is 12.1 Å². The lowest BCUT2D eigenvalue weighted by Crippen LogP contribution is -2.33. The third-order valence-corrected chi connectivity index (χ3v) is 6.64. The van der Waals surface area contributed by atoms with Gasteiger partial charge in [-0.15, -0.1) is 0 Å². The number of nitrogens with zero attached hydrogens (tertiary/aromatic N) is 4. The highest BCUT2D eigenvalue weighted by atomic mass is 32.2. The van der Waals surface area contributed by atoms with Gasteiger partial charge in [0.1, 0.15) is 18.1 Å². The molecule has 0 unspecified atom stereocenters. The predicted octanol–water partition coefficient (Wildman–Crippen LogP) is 4.68. The first-order valence-corrected chi connectivity index (χ1v) is 13.3. The quantitative estimate of drug-likeness (QED) is 0.245. The molecule has 5 rings (SSSR count). The molecular formula is C29H26N5O4S+. The number of carbonyl (C=O) groups is 2. The summed E-state index contributed by atoms with van der Waals surface area (Å²) in [6.45, 7) is 3.01. The lowest BCUT2D eigenvalue weighted by Gasteiger charge is -2.17. The Bertz CT molecular complexity index is 1500. The SMILES string of the molecule is CC[n+]1cc(NC(=O)CSC2=N/C(=C/c3ccc(OCc4ccccc4)cc3)C(=O)N2c2ccccc2)on1. The van der Waals surface area contributed by atoms with Crippen molar-refractivity contribution in [3.63, 3.8) is 0 Å². The van der Waals surface area contributed by atoms with E-state index in [1.807, 2.05) is 91.9 Å². The standard InChI is InChI=1S/C29H25N5O4S/c1-2-33-18-27(38-32-33)31-26(35)20-39-29-30-25(28(36)34(29)23-11-7-4-8-12-23)17-21-13-15-24(16-14-21)37-19-22-9-5-3-6-10-22/h3-18H,2,19-20H2,1H3/p+1/b25-17+. The van der Waals surface area contributed by atoms with E-state index in [1.54, 1.807) is 17.0 Å². The summed E-state index contributed by atoms with van der Waals surface area (Å²) in [6.07, 6.45) is 3.33. The molecule has 9 nitrogen and oxygen atoms in total. The number of nitrogens with one attached hydrogen (secondary N) is 1. The number of aromatic nitrogens is 2. The van der Waals surface area contributed by atoms with Crippen LogP contribution in [0.3, 0.4) is 0 Å². The lowest BCUT2D eigenvalue weighted by atomic mass is 10.2. The first-order valence-electron chi connectivity index (χ1n) is 12.3. The third-order valence-electron chi connectivity index (χ3n) is 5.71. The zero-order valence-corrected chi connectivity index (χ0v) is 22.0. The van der Waals surface area contributed by atoms with Crippen molar-refractivity contribution in [3.05, 3.63) is 108 Å². The Morgan fingerprint density at radius 3 is 2.46 bits per heavy atom. The molecule has 0 saturated heterocycles. The first kappa shape index (κ1) is 25.9. The number of thioether (sulfide) groups is 1. The molecule has 0 spiro atoms. The fourth-order valence-electron chi connectivity index (χ4n) is 3.74. The zero-order valence-electron chi connectivity index (χ0n) is 21.2. The van der Waals surface area contributed by atoms with E-state index in [1.165, 1.54) is 16.7 Å². The summed E-state index contributed by atoms with van der Waals surface area (Å²) in [5, 5.41) is 6.88. The van der Waals surface area contributed by atoms with Gasteiger partial charge < -0.3 is 4.74 Å². The average Bonchev–Trinajstić information content (AvgIpc) is 3.56. The fraction of sp³-hybridized carbons (Fsp3) is 0.138. The molecular weight excluding hydrogens is 514 g/mol. The number of amidine groups is 1. The van der Waals surface area contributed by atoms with Gasteiger partial charge in [0, 0.05) is 0 Å². The number of hydrogen-bond acceptors (Lipinski definition) is 7. The van der Waals surface area contributed by atoms with Crippen molar-refractivity contribution < 1.29 is 23.5 Å². The highest BCUT2D eigenvalue weighted by Crippen LogP contribution is 2.29. The van der Waals surface area contributed by atoms with Crippen LogP contribution in [-0.2, 0) is 22.7 Å². The number of hydrogen-bond donors (Lipinski definition) is 1. The van der Waals surface area contributed by atoms with E-state index < -0.39 is 0 Å². The monoisotopic (exact) mass is 540 g/mol. The normalized spacial score (nSPS) is 14.0. The van der Waals surface area contributed by atoms with E-state index in [0.717, 1.165) is 16.9 Å². The van der Waals surface area contributed by atoms with E-state index in [-0.39, 0.29) is 29.1 Å². The summed E-state index contributed by atoms with van der Waals surface area (Å²) < 4.78 is 12.5. The molecule has 3 aromatic carbocycles. The smallest absolute Gasteiger partial charge is 0.302 e. The number of carbonyl (C=O) groups excluding carboxylic acids is 2. The zero-order chi connectivity index (χ0) is 27.0. The van der Waals surface area contributed by atoms with Gasteiger partial charge in [-0.25, -0.2) is 4.99 Å². The highest BCUT2D eigenvalue weighted by molar-refractivity contribution is 8.14. The van der Waals surface area contributed by atoms with E-state index in [4.69, 9.17) is 9.26 Å². The minimum absolute atomic E-state index is 0.0308. The van der Waals surface area contributed by atoms with Crippen LogP contribution in [-0.4, -0.2) is 28.0 Å². The number of rotatable bonds is 9. The molecule has 0 bridgehead atoms. The van der Waals surface area contributed by atoms with E-state index in [0.29, 0.717) is 24.0 Å². The van der Waals surface area contributed by atoms with Crippen LogP contribution < -0.4 is 19.6 Å². The van der Waals surface area contributed by atoms with Crippen molar-refractivity contribution in [2.45, 2.75) is 20.1 Å². The summed E-state index contributed by atoms with van der Waals surface area (Å²) in [6, 6.07) is 26.6. The summed E-state index contributed by atoms with van der Waals surface area (Å²) in [4.78, 5) is 32.0. The highest BCUT2D eigenvalue weighted by Gasteiger charge is 2.32. The molecule has 0 atom stereocenters. The van der Waals surface area contributed by atoms with Crippen molar-refractivity contribution in [1.82, 2.24) is 5.27 Å². The van der Waals surface area contributed by atoms with Crippen LogP contribution in [0.1, 0.15) is 18.1 Å². The van der Waals surface area contributed by atoms with Gasteiger partial charge in [0.15, 0.2) is 11.7 Å². The van der Waals surface area contributed by atoms with Crippen molar-refractivity contribution in [2.75, 3.05) is 16.0 Å². The van der Waals surface area contributed by atoms with Gasteiger partial charge in [-0.05, 0) is 48.4 Å². The van der Waals surface area contributed by atoms with Crippen LogP contribution in [0.25, 0.3) is 6.08 Å². The van der Waals surface area contributed by atoms with Gasteiger partial charge in [-0.2, -0.15) is 0 Å². The molecule has 2 amide bonds. The van der Waals surface area contributed by atoms with Gasteiger partial charge in [-0.3, -0.25) is 24.3 Å². The van der Waals surface area contributed by atoms with Gasteiger partial charge in [0.2, 0.25) is 11.2 Å². The summed E-state index contributed by atoms with van der Waals surface area (Å²) in [7, 11) is 0. The van der Waals surface area contributed by atoms with Crippen LogP contribution in [0, 0.1) is 0 Å². The van der Waals surface area contributed by atoms with Gasteiger partial charge in [0.05, 0.1) is 11.4 Å². The van der Waals surface area contributed by atoms with Gasteiger partial charge in [-0.1, -0.05) is 77.1 Å². The molecule has 2 heterocycles. The Morgan fingerprint density at radius 1 is 1.05 bits per heavy atom.